The standard InChI is InChI=1S/C14H17NO2/c16-13(11-8-15-9-11)7-10-5-6-17-14-4-2-1-3-12(10)14/h1-4,10-11,15H,5-9H2. The Bertz CT molecular complexity index is 426. The minimum absolute atomic E-state index is 0.255. The number of hydrogen-bond acceptors (Lipinski definition) is 3. The maximum absolute atomic E-state index is 12.0. The van der Waals surface area contributed by atoms with Crippen molar-refractivity contribution in [3.8, 4) is 5.75 Å². The predicted molar refractivity (Wildman–Crippen MR) is 65.3 cm³/mol. The van der Waals surface area contributed by atoms with Crippen LogP contribution in [0.4, 0.5) is 0 Å². The van der Waals surface area contributed by atoms with Crippen LogP contribution in [-0.2, 0) is 4.79 Å². The van der Waals surface area contributed by atoms with Crippen molar-refractivity contribution in [2.75, 3.05) is 19.7 Å². The van der Waals surface area contributed by atoms with E-state index in [0.29, 0.717) is 18.1 Å². The van der Waals surface area contributed by atoms with Crippen molar-refractivity contribution in [1.29, 1.82) is 0 Å². The van der Waals surface area contributed by atoms with E-state index in [1.165, 1.54) is 5.56 Å². The minimum atomic E-state index is 0.255. The number of rotatable bonds is 3. The van der Waals surface area contributed by atoms with Crippen LogP contribution in [0.15, 0.2) is 24.3 Å². The lowest BCUT2D eigenvalue weighted by Crippen LogP contribution is -2.46. The summed E-state index contributed by atoms with van der Waals surface area (Å²) in [7, 11) is 0. The van der Waals surface area contributed by atoms with E-state index in [1.807, 2.05) is 18.2 Å². The van der Waals surface area contributed by atoms with Gasteiger partial charge in [-0.25, -0.2) is 0 Å². The van der Waals surface area contributed by atoms with E-state index in [4.69, 9.17) is 4.74 Å². The molecule has 1 atom stereocenters. The van der Waals surface area contributed by atoms with Crippen LogP contribution in [0.2, 0.25) is 0 Å². The third kappa shape index (κ3) is 2.07. The number of carbonyl (C=O) groups excluding carboxylic acids is 1. The molecule has 1 fully saturated rings. The molecule has 90 valence electrons. The van der Waals surface area contributed by atoms with Crippen LogP contribution in [-0.4, -0.2) is 25.5 Å². The summed E-state index contributed by atoms with van der Waals surface area (Å²) in [5.41, 5.74) is 1.21. The molecular weight excluding hydrogens is 214 g/mol. The van der Waals surface area contributed by atoms with Crippen molar-refractivity contribution < 1.29 is 9.53 Å². The van der Waals surface area contributed by atoms with Gasteiger partial charge >= 0.3 is 0 Å². The summed E-state index contributed by atoms with van der Waals surface area (Å²) < 4.78 is 5.61. The van der Waals surface area contributed by atoms with Gasteiger partial charge in [-0.2, -0.15) is 0 Å². The molecule has 1 saturated heterocycles. The highest BCUT2D eigenvalue weighted by molar-refractivity contribution is 5.83. The highest BCUT2D eigenvalue weighted by Crippen LogP contribution is 2.36. The smallest absolute Gasteiger partial charge is 0.139 e. The first-order chi connectivity index (χ1) is 8.34. The molecule has 0 aromatic heterocycles. The molecule has 0 aliphatic carbocycles. The Morgan fingerprint density at radius 3 is 2.94 bits per heavy atom. The van der Waals surface area contributed by atoms with Crippen LogP contribution < -0.4 is 10.1 Å². The van der Waals surface area contributed by atoms with Crippen molar-refractivity contribution in [2.24, 2.45) is 5.92 Å². The minimum Gasteiger partial charge on any atom is -0.493 e. The number of hydrogen-bond donors (Lipinski definition) is 1. The number of carbonyl (C=O) groups is 1. The molecule has 2 aliphatic heterocycles. The maximum Gasteiger partial charge on any atom is 0.139 e. The summed E-state index contributed by atoms with van der Waals surface area (Å²) in [5, 5.41) is 3.15. The Morgan fingerprint density at radius 2 is 2.18 bits per heavy atom. The number of ether oxygens (including phenoxy) is 1. The monoisotopic (exact) mass is 231 g/mol. The van der Waals surface area contributed by atoms with E-state index in [9.17, 15) is 4.79 Å². The molecule has 0 spiro atoms. The van der Waals surface area contributed by atoms with E-state index < -0.39 is 0 Å². The van der Waals surface area contributed by atoms with Gasteiger partial charge in [0.05, 0.1) is 6.61 Å². The molecule has 17 heavy (non-hydrogen) atoms. The van der Waals surface area contributed by atoms with Gasteiger partial charge in [0.25, 0.3) is 0 Å². The summed E-state index contributed by atoms with van der Waals surface area (Å²) in [6, 6.07) is 8.09. The molecule has 1 N–H and O–H groups in total. The molecule has 1 aromatic rings. The molecule has 2 aliphatic rings. The zero-order chi connectivity index (χ0) is 11.7. The van der Waals surface area contributed by atoms with E-state index in [-0.39, 0.29) is 5.92 Å². The van der Waals surface area contributed by atoms with Gasteiger partial charge in [0.15, 0.2) is 0 Å². The lowest BCUT2D eigenvalue weighted by Gasteiger charge is -2.30. The topological polar surface area (TPSA) is 38.3 Å². The summed E-state index contributed by atoms with van der Waals surface area (Å²) in [6.07, 6.45) is 1.63. The SMILES string of the molecule is O=C(CC1CCOc2ccccc21)C1CNC1. The highest BCUT2D eigenvalue weighted by atomic mass is 16.5. The fraction of sp³-hybridized carbons (Fsp3) is 0.500. The van der Waals surface area contributed by atoms with Crippen molar-refractivity contribution in [3.05, 3.63) is 29.8 Å². The lowest BCUT2D eigenvalue weighted by atomic mass is 9.84. The van der Waals surface area contributed by atoms with Gasteiger partial charge in [-0.1, -0.05) is 18.2 Å². The van der Waals surface area contributed by atoms with Gasteiger partial charge < -0.3 is 10.1 Å². The summed E-state index contributed by atoms with van der Waals surface area (Å²) in [5.74, 6) is 1.98. The zero-order valence-corrected chi connectivity index (χ0v) is 9.82. The number of para-hydroxylation sites is 1. The molecule has 1 aromatic carbocycles. The molecule has 0 bridgehead atoms. The quantitative estimate of drug-likeness (QED) is 0.861. The fourth-order valence-electron chi connectivity index (χ4n) is 2.55. The second-order valence-electron chi connectivity index (χ2n) is 4.90. The van der Waals surface area contributed by atoms with Gasteiger partial charge in [-0.3, -0.25) is 4.79 Å². The molecular formula is C14H17NO2. The average molecular weight is 231 g/mol. The van der Waals surface area contributed by atoms with Crippen LogP contribution in [0.5, 0.6) is 5.75 Å². The van der Waals surface area contributed by atoms with Crippen LogP contribution in [0, 0.1) is 5.92 Å². The van der Waals surface area contributed by atoms with Crippen LogP contribution in [0.1, 0.15) is 24.3 Å². The Labute approximate surface area is 101 Å². The Morgan fingerprint density at radius 1 is 1.35 bits per heavy atom. The Balaban J connectivity index is 1.73. The van der Waals surface area contributed by atoms with Crippen LogP contribution in [0.25, 0.3) is 0 Å². The van der Waals surface area contributed by atoms with Crippen LogP contribution >= 0.6 is 0 Å². The molecule has 2 heterocycles. The highest BCUT2D eigenvalue weighted by Gasteiger charge is 2.29. The van der Waals surface area contributed by atoms with E-state index in [1.54, 1.807) is 0 Å². The number of nitrogens with one attached hydrogen (secondary N) is 1. The summed E-state index contributed by atoms with van der Waals surface area (Å²) >= 11 is 0. The lowest BCUT2D eigenvalue weighted by molar-refractivity contribution is -0.124. The number of benzene rings is 1. The van der Waals surface area contributed by atoms with Crippen molar-refractivity contribution in [2.45, 2.75) is 18.8 Å². The molecule has 3 rings (SSSR count). The van der Waals surface area contributed by atoms with E-state index in [2.05, 4.69) is 11.4 Å². The summed E-state index contributed by atoms with van der Waals surface area (Å²) in [6.45, 7) is 2.46. The zero-order valence-electron chi connectivity index (χ0n) is 9.82. The molecule has 0 saturated carbocycles. The predicted octanol–water partition coefficient (Wildman–Crippen LogP) is 1.73. The van der Waals surface area contributed by atoms with Crippen molar-refractivity contribution >= 4 is 5.78 Å². The second-order valence-corrected chi connectivity index (χ2v) is 4.90. The first kappa shape index (κ1) is 10.8. The van der Waals surface area contributed by atoms with Crippen molar-refractivity contribution in [1.82, 2.24) is 5.32 Å². The molecule has 0 amide bonds. The Hall–Kier alpha value is -1.35. The average Bonchev–Trinajstić information content (AvgIpc) is 2.27. The molecule has 3 nitrogen and oxygen atoms in total. The second kappa shape index (κ2) is 4.49. The normalized spacial score (nSPS) is 23.4. The van der Waals surface area contributed by atoms with Gasteiger partial charge in [0.1, 0.15) is 11.5 Å². The number of Topliss-reactive ketones (excluding diaryl/α,β-unsaturated/α-hetero) is 1. The fourth-order valence-corrected chi connectivity index (χ4v) is 2.55. The van der Waals surface area contributed by atoms with E-state index >= 15 is 0 Å². The van der Waals surface area contributed by atoms with Gasteiger partial charge in [-0.05, 0) is 24.0 Å². The number of ketones is 1. The molecule has 3 heteroatoms. The van der Waals surface area contributed by atoms with Crippen LogP contribution in [0.3, 0.4) is 0 Å². The first-order valence-electron chi connectivity index (χ1n) is 6.30. The largest absolute Gasteiger partial charge is 0.493 e. The van der Waals surface area contributed by atoms with Gasteiger partial charge in [0, 0.05) is 25.4 Å². The van der Waals surface area contributed by atoms with Gasteiger partial charge in [-0.15, -0.1) is 0 Å². The number of fused-ring (bicyclic) bond motifs is 1. The molecule has 1 unspecified atom stereocenters. The maximum atomic E-state index is 12.0. The third-order valence-corrected chi connectivity index (χ3v) is 3.77. The first-order valence-corrected chi connectivity index (χ1v) is 6.30. The third-order valence-electron chi connectivity index (χ3n) is 3.77. The van der Waals surface area contributed by atoms with Gasteiger partial charge in [0.2, 0.25) is 0 Å². The molecule has 0 radical (unpaired) electrons. The Kier molecular flexibility index (Phi) is 2.85. The summed E-state index contributed by atoms with van der Waals surface area (Å²) in [4.78, 5) is 12.0. The van der Waals surface area contributed by atoms with E-state index in [0.717, 1.165) is 31.9 Å². The van der Waals surface area contributed by atoms with Crippen molar-refractivity contribution in [3.63, 3.8) is 0 Å².